The van der Waals surface area contributed by atoms with Crippen LogP contribution < -0.4 is 5.32 Å². The number of hydrogen-bond acceptors (Lipinski definition) is 5. The van der Waals surface area contributed by atoms with E-state index in [1.807, 2.05) is 4.90 Å². The van der Waals surface area contributed by atoms with E-state index in [4.69, 9.17) is 4.74 Å². The van der Waals surface area contributed by atoms with E-state index < -0.39 is 17.7 Å². The number of carbonyl (C=O) groups excluding carboxylic acids is 2. The minimum Gasteiger partial charge on any atom is -0.462 e. The van der Waals surface area contributed by atoms with Crippen molar-refractivity contribution >= 4 is 17.7 Å². The molecule has 0 aliphatic carbocycles. The zero-order valence-electron chi connectivity index (χ0n) is 17.4. The average Bonchev–Trinajstić information content (AvgIpc) is 3.08. The number of ether oxygens (including phenoxy) is 1. The Labute approximate surface area is 178 Å². The summed E-state index contributed by atoms with van der Waals surface area (Å²) in [5.41, 5.74) is 0.211. The zero-order chi connectivity index (χ0) is 22.6. The van der Waals surface area contributed by atoms with E-state index in [1.54, 1.807) is 14.0 Å². The summed E-state index contributed by atoms with van der Waals surface area (Å²) in [4.78, 5) is 26.7. The topological polar surface area (TPSA) is 76.5 Å². The highest BCUT2D eigenvalue weighted by Gasteiger charge is 2.31. The van der Waals surface area contributed by atoms with Crippen molar-refractivity contribution in [3.8, 4) is 0 Å². The van der Waals surface area contributed by atoms with Crippen molar-refractivity contribution in [1.29, 1.82) is 0 Å². The number of likely N-dealkylation sites (tertiary alicyclic amines) is 1. The van der Waals surface area contributed by atoms with Crippen molar-refractivity contribution in [3.63, 3.8) is 0 Å². The lowest BCUT2D eigenvalue weighted by Crippen LogP contribution is -2.39. The second kappa shape index (κ2) is 9.51. The maximum atomic E-state index is 12.9. The van der Waals surface area contributed by atoms with Gasteiger partial charge in [-0.2, -0.15) is 18.3 Å². The van der Waals surface area contributed by atoms with Gasteiger partial charge >= 0.3 is 12.1 Å². The molecule has 1 aliphatic heterocycles. The molecule has 1 fully saturated rings. The average molecular weight is 438 g/mol. The molecule has 10 heteroatoms. The number of halogens is 3. The molecule has 31 heavy (non-hydrogen) atoms. The Morgan fingerprint density at radius 2 is 1.94 bits per heavy atom. The summed E-state index contributed by atoms with van der Waals surface area (Å²) in [5.74, 6) is -0.675. The lowest BCUT2D eigenvalue weighted by molar-refractivity contribution is -0.137. The molecular formula is C21H25F3N4O3. The Bertz CT molecular complexity index is 925. The second-order valence-electron chi connectivity index (χ2n) is 7.40. The highest BCUT2D eigenvalue weighted by atomic mass is 19.4. The number of alkyl halides is 3. The molecule has 1 atom stereocenters. The standard InChI is InChI=1S/C21H25F3N4O3/c1-3-31-20(30)16-12-25-27(2)19(16)26-18(29)13-28-11-5-4-6-17(28)14-7-9-15(10-8-14)21(22,23)24/h7-10,12,17H,3-6,11,13H2,1-2H3,(H,26,29). The fourth-order valence-electron chi connectivity index (χ4n) is 3.75. The van der Waals surface area contributed by atoms with Crippen LogP contribution in [-0.4, -0.2) is 46.3 Å². The van der Waals surface area contributed by atoms with E-state index in [0.29, 0.717) is 6.54 Å². The molecule has 0 saturated carbocycles. The maximum absolute atomic E-state index is 12.9. The van der Waals surface area contributed by atoms with Crippen LogP contribution in [0.4, 0.5) is 19.0 Å². The number of aromatic nitrogens is 2. The van der Waals surface area contributed by atoms with Gasteiger partial charge in [-0.25, -0.2) is 4.79 Å². The van der Waals surface area contributed by atoms with Crippen LogP contribution in [0.15, 0.2) is 30.5 Å². The van der Waals surface area contributed by atoms with Crippen molar-refractivity contribution in [2.45, 2.75) is 38.4 Å². The van der Waals surface area contributed by atoms with Gasteiger partial charge < -0.3 is 10.1 Å². The molecule has 1 aromatic heterocycles. The number of nitrogens with zero attached hydrogens (tertiary/aromatic N) is 3. The van der Waals surface area contributed by atoms with Gasteiger partial charge in [0.2, 0.25) is 5.91 Å². The Hall–Kier alpha value is -2.88. The minimum absolute atomic E-state index is 0.0408. The molecule has 2 heterocycles. The Morgan fingerprint density at radius 3 is 2.58 bits per heavy atom. The van der Waals surface area contributed by atoms with E-state index >= 15 is 0 Å². The van der Waals surface area contributed by atoms with E-state index in [9.17, 15) is 22.8 Å². The van der Waals surface area contributed by atoms with Gasteiger partial charge in [0, 0.05) is 13.1 Å². The number of piperidine rings is 1. The van der Waals surface area contributed by atoms with Crippen LogP contribution in [0.25, 0.3) is 0 Å². The molecule has 1 aliphatic rings. The molecular weight excluding hydrogens is 413 g/mol. The lowest BCUT2D eigenvalue weighted by atomic mass is 9.94. The van der Waals surface area contributed by atoms with E-state index in [1.165, 1.54) is 23.0 Å². The van der Waals surface area contributed by atoms with Crippen LogP contribution in [0.1, 0.15) is 53.7 Å². The van der Waals surface area contributed by atoms with Crippen LogP contribution in [0.2, 0.25) is 0 Å². The van der Waals surface area contributed by atoms with Gasteiger partial charge in [0.05, 0.1) is 24.9 Å². The third kappa shape index (κ3) is 5.43. The third-order valence-electron chi connectivity index (χ3n) is 5.28. The van der Waals surface area contributed by atoms with Gasteiger partial charge in [0.15, 0.2) is 0 Å². The predicted molar refractivity (Wildman–Crippen MR) is 107 cm³/mol. The number of esters is 1. The smallest absolute Gasteiger partial charge is 0.416 e. The molecule has 1 N–H and O–H groups in total. The van der Waals surface area contributed by atoms with Crippen LogP contribution in [0.3, 0.4) is 0 Å². The fourth-order valence-corrected chi connectivity index (χ4v) is 3.75. The minimum atomic E-state index is -4.38. The molecule has 168 valence electrons. The highest BCUT2D eigenvalue weighted by molar-refractivity contribution is 6.00. The zero-order valence-corrected chi connectivity index (χ0v) is 17.4. The number of nitrogens with one attached hydrogen (secondary N) is 1. The number of hydrogen-bond donors (Lipinski definition) is 1. The third-order valence-corrected chi connectivity index (χ3v) is 5.28. The first kappa shape index (κ1) is 22.8. The molecule has 1 amide bonds. The summed E-state index contributed by atoms with van der Waals surface area (Å²) in [6.07, 6.45) is -0.481. The number of amides is 1. The number of carbonyl (C=O) groups is 2. The van der Waals surface area contributed by atoms with Crippen molar-refractivity contribution < 1.29 is 27.5 Å². The largest absolute Gasteiger partial charge is 0.462 e. The van der Waals surface area contributed by atoms with Gasteiger partial charge in [-0.15, -0.1) is 0 Å². The summed E-state index contributed by atoms with van der Waals surface area (Å²) in [7, 11) is 1.60. The van der Waals surface area contributed by atoms with Gasteiger partial charge in [0.1, 0.15) is 11.4 Å². The Kier molecular flexibility index (Phi) is 6.99. The molecule has 1 unspecified atom stereocenters. The van der Waals surface area contributed by atoms with E-state index in [-0.39, 0.29) is 36.5 Å². The van der Waals surface area contributed by atoms with E-state index in [2.05, 4.69) is 10.4 Å². The monoisotopic (exact) mass is 438 g/mol. The lowest BCUT2D eigenvalue weighted by Gasteiger charge is -2.35. The summed E-state index contributed by atoms with van der Waals surface area (Å²) in [6, 6.07) is 4.94. The van der Waals surface area contributed by atoms with Gasteiger partial charge in [-0.05, 0) is 44.0 Å². The van der Waals surface area contributed by atoms with Gasteiger partial charge in [-0.1, -0.05) is 18.6 Å². The maximum Gasteiger partial charge on any atom is 0.416 e. The van der Waals surface area contributed by atoms with Gasteiger partial charge in [0.25, 0.3) is 0 Å². The molecule has 2 aromatic rings. The van der Waals surface area contributed by atoms with E-state index in [0.717, 1.165) is 37.0 Å². The van der Waals surface area contributed by atoms with Crippen LogP contribution in [0, 0.1) is 0 Å². The number of aryl methyl sites for hydroxylation is 1. The molecule has 3 rings (SSSR count). The molecule has 0 bridgehead atoms. The van der Waals surface area contributed by atoms with Crippen LogP contribution >= 0.6 is 0 Å². The molecule has 1 aromatic carbocycles. The summed E-state index contributed by atoms with van der Waals surface area (Å²) >= 11 is 0. The van der Waals surface area contributed by atoms with Crippen LogP contribution in [0.5, 0.6) is 0 Å². The van der Waals surface area contributed by atoms with Crippen molar-refractivity contribution in [3.05, 3.63) is 47.2 Å². The van der Waals surface area contributed by atoms with Crippen LogP contribution in [-0.2, 0) is 22.8 Å². The first-order chi connectivity index (χ1) is 14.7. The normalized spacial score (nSPS) is 17.4. The summed E-state index contributed by atoms with van der Waals surface area (Å²) < 4.78 is 44.9. The number of rotatable bonds is 6. The summed E-state index contributed by atoms with van der Waals surface area (Å²) in [5, 5.41) is 6.72. The SMILES string of the molecule is CCOC(=O)c1cnn(C)c1NC(=O)CN1CCCCC1c1ccc(C(F)(F)F)cc1. The molecule has 0 radical (unpaired) electrons. The number of benzene rings is 1. The fraction of sp³-hybridized carbons (Fsp3) is 0.476. The molecule has 0 spiro atoms. The molecule has 7 nitrogen and oxygen atoms in total. The number of anilines is 1. The second-order valence-corrected chi connectivity index (χ2v) is 7.40. The van der Waals surface area contributed by atoms with Crippen molar-refractivity contribution in [1.82, 2.24) is 14.7 Å². The quantitative estimate of drug-likeness (QED) is 0.695. The Morgan fingerprint density at radius 1 is 1.23 bits per heavy atom. The first-order valence-corrected chi connectivity index (χ1v) is 10.1. The Balaban J connectivity index is 1.71. The summed E-state index contributed by atoms with van der Waals surface area (Å²) in [6.45, 7) is 2.57. The van der Waals surface area contributed by atoms with Gasteiger partial charge in [-0.3, -0.25) is 14.4 Å². The highest BCUT2D eigenvalue weighted by Crippen LogP contribution is 2.34. The first-order valence-electron chi connectivity index (χ1n) is 10.1. The van der Waals surface area contributed by atoms with Crippen molar-refractivity contribution in [2.75, 3.05) is 25.0 Å². The molecule has 1 saturated heterocycles. The van der Waals surface area contributed by atoms with Crippen molar-refractivity contribution in [2.24, 2.45) is 7.05 Å². The predicted octanol–water partition coefficient (Wildman–Crippen LogP) is 3.78.